The van der Waals surface area contributed by atoms with Gasteiger partial charge in [0.15, 0.2) is 0 Å². The van der Waals surface area contributed by atoms with Crippen LogP contribution in [0.3, 0.4) is 0 Å². The second kappa shape index (κ2) is 5.81. The number of rotatable bonds is 5. The predicted molar refractivity (Wildman–Crippen MR) is 63.3 cm³/mol. The van der Waals surface area contributed by atoms with E-state index in [9.17, 15) is 14.2 Å². The van der Waals surface area contributed by atoms with Crippen molar-refractivity contribution in [2.24, 2.45) is 0 Å². The van der Waals surface area contributed by atoms with Crippen LogP contribution in [0.25, 0.3) is 0 Å². The quantitative estimate of drug-likeness (QED) is 0.485. The number of aromatic nitrogens is 2. The van der Waals surface area contributed by atoms with Crippen LogP contribution in [0.2, 0.25) is 0 Å². The Morgan fingerprint density at radius 3 is 2.78 bits per heavy atom. The molecule has 0 aliphatic carbocycles. The maximum absolute atomic E-state index is 11.3. The molecule has 3 N–H and O–H groups in total. The van der Waals surface area contributed by atoms with Gasteiger partial charge in [0, 0.05) is 17.8 Å². The summed E-state index contributed by atoms with van der Waals surface area (Å²) in [6, 6.07) is 0. The Morgan fingerprint density at radius 2 is 2.17 bits per heavy atom. The number of H-pyrrole nitrogens is 1. The highest BCUT2D eigenvalue weighted by atomic mass is 31.2. The summed E-state index contributed by atoms with van der Waals surface area (Å²) >= 11 is 0. The van der Waals surface area contributed by atoms with Gasteiger partial charge in [-0.05, 0) is 6.92 Å². The van der Waals surface area contributed by atoms with E-state index in [0.717, 1.165) is 10.5 Å². The van der Waals surface area contributed by atoms with E-state index in [1.807, 2.05) is 0 Å². The minimum atomic E-state index is -4.15. The lowest BCUT2D eigenvalue weighted by Gasteiger charge is -2.06. The van der Waals surface area contributed by atoms with E-state index in [0.29, 0.717) is 5.56 Å². The molecular weight excluding hydrogens is 263 g/mol. The summed E-state index contributed by atoms with van der Waals surface area (Å²) in [4.78, 5) is 46.5. The van der Waals surface area contributed by atoms with E-state index in [1.165, 1.54) is 19.2 Å². The fraction of sp³-hybridized carbons (Fsp3) is 0.333. The Labute approximate surface area is 102 Å². The lowest BCUT2D eigenvalue weighted by Crippen LogP contribution is -2.34. The maximum Gasteiger partial charge on any atom is 0.361 e. The third kappa shape index (κ3) is 4.70. The molecule has 1 aromatic rings. The first-order chi connectivity index (χ1) is 8.29. The van der Waals surface area contributed by atoms with Crippen LogP contribution in [0.4, 0.5) is 0 Å². The van der Waals surface area contributed by atoms with Crippen molar-refractivity contribution in [1.29, 1.82) is 0 Å². The van der Waals surface area contributed by atoms with Crippen LogP contribution in [0, 0.1) is 6.92 Å². The van der Waals surface area contributed by atoms with E-state index in [2.05, 4.69) is 4.98 Å². The van der Waals surface area contributed by atoms with Crippen LogP contribution in [-0.4, -0.2) is 26.1 Å². The molecule has 9 heteroatoms. The minimum Gasteiger partial charge on any atom is -0.409 e. The molecule has 0 aliphatic rings. The summed E-state index contributed by atoms with van der Waals surface area (Å²) in [5, 5.41) is 0. The second-order valence-corrected chi connectivity index (χ2v) is 4.97. The molecule has 18 heavy (non-hydrogen) atoms. The van der Waals surface area contributed by atoms with Crippen molar-refractivity contribution in [2.45, 2.75) is 13.3 Å². The van der Waals surface area contributed by atoms with Gasteiger partial charge in [0.1, 0.15) is 6.61 Å². The Kier molecular flexibility index (Phi) is 4.66. The lowest BCUT2D eigenvalue weighted by atomic mass is 10.4. The molecule has 1 heterocycles. The number of nitrogens with one attached hydrogen (secondary N) is 1. The van der Waals surface area contributed by atoms with Gasteiger partial charge in [-0.15, -0.1) is 4.73 Å². The maximum atomic E-state index is 11.3. The normalized spacial score (nSPS) is 11.9. The number of hydrogen-bond donors (Lipinski definition) is 3. The molecule has 0 saturated carbocycles. The second-order valence-electron chi connectivity index (χ2n) is 3.49. The van der Waals surface area contributed by atoms with E-state index < -0.39 is 18.8 Å². The summed E-state index contributed by atoms with van der Waals surface area (Å²) in [5.74, 6) is 0.761. The summed E-state index contributed by atoms with van der Waals surface area (Å²) in [6.07, 6.45) is 2.72. The number of nitrogens with zero attached hydrogens (tertiary/aromatic N) is 1. The molecule has 0 aromatic carbocycles. The topological polar surface area (TPSA) is 122 Å². The first-order valence-electron chi connectivity index (χ1n) is 4.98. The van der Waals surface area contributed by atoms with Crippen LogP contribution < -0.4 is 16.1 Å². The summed E-state index contributed by atoms with van der Waals surface area (Å²) in [6.45, 7) is 1.56. The van der Waals surface area contributed by atoms with Gasteiger partial charge in [0.2, 0.25) is 0 Å². The first kappa shape index (κ1) is 14.4. The van der Waals surface area contributed by atoms with Crippen LogP contribution in [-0.2, 0) is 4.57 Å². The van der Waals surface area contributed by atoms with Gasteiger partial charge in [-0.2, -0.15) is 0 Å². The van der Waals surface area contributed by atoms with Crippen molar-refractivity contribution in [3.8, 4) is 0 Å². The van der Waals surface area contributed by atoms with Crippen molar-refractivity contribution < 1.29 is 19.2 Å². The predicted octanol–water partition coefficient (Wildman–Crippen LogP) is -0.645. The SMILES string of the molecule is Cc1cn(OCC/C=C/P(=O)(O)O)c(=O)[nH]c1=O. The highest BCUT2D eigenvalue weighted by Crippen LogP contribution is 2.35. The molecule has 8 nitrogen and oxygen atoms in total. The Balaban J connectivity index is 2.58. The molecule has 0 radical (unpaired) electrons. The van der Waals surface area contributed by atoms with Crippen molar-refractivity contribution in [2.75, 3.05) is 6.61 Å². The third-order valence-corrected chi connectivity index (χ3v) is 2.50. The van der Waals surface area contributed by atoms with Gasteiger partial charge < -0.3 is 14.6 Å². The van der Waals surface area contributed by atoms with Crippen molar-refractivity contribution in [3.63, 3.8) is 0 Å². The van der Waals surface area contributed by atoms with Gasteiger partial charge in [0.25, 0.3) is 5.56 Å². The van der Waals surface area contributed by atoms with Crippen molar-refractivity contribution in [1.82, 2.24) is 9.71 Å². The largest absolute Gasteiger partial charge is 0.409 e. The van der Waals surface area contributed by atoms with Crippen molar-refractivity contribution >= 4 is 7.60 Å². The molecule has 0 bridgehead atoms. The van der Waals surface area contributed by atoms with Gasteiger partial charge in [0.05, 0.1) is 6.20 Å². The average molecular weight is 276 g/mol. The molecule has 0 amide bonds. The molecule has 0 aliphatic heterocycles. The van der Waals surface area contributed by atoms with E-state index >= 15 is 0 Å². The van der Waals surface area contributed by atoms with E-state index in [-0.39, 0.29) is 13.0 Å². The van der Waals surface area contributed by atoms with Crippen molar-refractivity contribution in [3.05, 3.63) is 44.5 Å². The average Bonchev–Trinajstić information content (AvgIpc) is 2.23. The standard InChI is InChI=1S/C9H13N2O6P/c1-7-6-11(9(13)10-8(7)12)17-4-2-3-5-18(14,15)16/h3,5-6H,2,4H2,1H3,(H,10,12,13)(H2,14,15,16)/b5-3+. The molecule has 0 atom stereocenters. The summed E-state index contributed by atoms with van der Waals surface area (Å²) in [7, 11) is -4.15. The molecule has 0 spiro atoms. The lowest BCUT2D eigenvalue weighted by molar-refractivity contribution is 0.101. The molecular formula is C9H13N2O6P. The molecule has 100 valence electrons. The van der Waals surface area contributed by atoms with Gasteiger partial charge >= 0.3 is 13.3 Å². The third-order valence-electron chi connectivity index (χ3n) is 1.90. The molecule has 1 rings (SSSR count). The van der Waals surface area contributed by atoms with Crippen LogP contribution in [0.5, 0.6) is 0 Å². The monoisotopic (exact) mass is 276 g/mol. The zero-order chi connectivity index (χ0) is 13.8. The number of hydrogen-bond acceptors (Lipinski definition) is 4. The summed E-state index contributed by atoms with van der Waals surface area (Å²) < 4.78 is 11.3. The molecule has 0 saturated heterocycles. The fourth-order valence-corrected chi connectivity index (χ4v) is 1.49. The number of aryl methyl sites for hydroxylation is 1. The molecule has 0 unspecified atom stereocenters. The van der Waals surface area contributed by atoms with Crippen LogP contribution in [0.15, 0.2) is 27.7 Å². The molecule has 0 fully saturated rings. The smallest absolute Gasteiger partial charge is 0.361 e. The van der Waals surface area contributed by atoms with Gasteiger partial charge in [-0.3, -0.25) is 14.3 Å². The highest BCUT2D eigenvalue weighted by molar-refractivity contribution is 7.55. The number of aromatic amines is 1. The molecule has 1 aromatic heterocycles. The minimum absolute atomic E-state index is 0.0435. The van der Waals surface area contributed by atoms with E-state index in [1.54, 1.807) is 0 Å². The summed E-state index contributed by atoms with van der Waals surface area (Å²) in [5.41, 5.74) is -0.869. The Morgan fingerprint density at radius 1 is 1.50 bits per heavy atom. The van der Waals surface area contributed by atoms with Crippen LogP contribution in [0.1, 0.15) is 12.0 Å². The highest BCUT2D eigenvalue weighted by Gasteiger charge is 2.04. The van der Waals surface area contributed by atoms with Crippen LogP contribution >= 0.6 is 7.60 Å². The fourth-order valence-electron chi connectivity index (χ4n) is 1.07. The zero-order valence-corrected chi connectivity index (χ0v) is 10.5. The Bertz CT molecular complexity index is 596. The zero-order valence-electron chi connectivity index (χ0n) is 9.57. The van der Waals surface area contributed by atoms with Gasteiger partial charge in [-0.1, -0.05) is 6.08 Å². The van der Waals surface area contributed by atoms with E-state index in [4.69, 9.17) is 14.6 Å². The van der Waals surface area contributed by atoms with Gasteiger partial charge in [-0.25, -0.2) is 4.79 Å². The Hall–Kier alpha value is -1.63. The first-order valence-corrected chi connectivity index (χ1v) is 6.66.